The molecule has 8 nitrogen and oxygen atoms in total. The van der Waals surface area contributed by atoms with E-state index in [1.807, 2.05) is 18.2 Å². The van der Waals surface area contributed by atoms with Crippen LogP contribution in [-0.4, -0.2) is 41.2 Å². The van der Waals surface area contributed by atoms with E-state index in [4.69, 9.17) is 26.8 Å². The zero-order valence-corrected chi connectivity index (χ0v) is 17.5. The minimum atomic E-state index is -0.499. The first-order valence-electron chi connectivity index (χ1n) is 9.60. The number of amides is 2. The number of urea groups is 1. The van der Waals surface area contributed by atoms with E-state index in [2.05, 4.69) is 4.98 Å². The number of methoxy groups -OCH3 is 2. The molecular weight excluding hydrogens is 408 g/mol. The number of halogens is 1. The van der Waals surface area contributed by atoms with Gasteiger partial charge in [-0.15, -0.1) is 0 Å². The first-order valence-corrected chi connectivity index (χ1v) is 9.98. The fourth-order valence-corrected chi connectivity index (χ4v) is 4.52. The van der Waals surface area contributed by atoms with E-state index in [1.165, 1.54) is 0 Å². The summed E-state index contributed by atoms with van der Waals surface area (Å²) in [6, 6.07) is 10.00. The summed E-state index contributed by atoms with van der Waals surface area (Å²) in [5, 5.41) is 0.456. The quantitative estimate of drug-likeness (QED) is 0.661. The average Bonchev–Trinajstić information content (AvgIpc) is 3.07. The molecule has 2 unspecified atom stereocenters. The van der Waals surface area contributed by atoms with Crippen molar-refractivity contribution in [3.05, 3.63) is 57.5 Å². The summed E-state index contributed by atoms with van der Waals surface area (Å²) < 4.78 is 12.2. The van der Waals surface area contributed by atoms with E-state index in [9.17, 15) is 9.59 Å². The SMILES string of the molecule is COc1ccc2c(c1)[nH]c(=O)n2C1CCN(C(N)=O)C(c2ccc(OC)c(Cl)c2)C1. The van der Waals surface area contributed by atoms with Crippen LogP contribution in [0.2, 0.25) is 5.02 Å². The summed E-state index contributed by atoms with van der Waals surface area (Å²) in [5.74, 6) is 1.23. The molecule has 30 heavy (non-hydrogen) atoms. The van der Waals surface area contributed by atoms with Gasteiger partial charge >= 0.3 is 11.7 Å². The van der Waals surface area contributed by atoms with Crippen LogP contribution in [0.5, 0.6) is 11.5 Å². The molecule has 3 aromatic rings. The molecule has 0 radical (unpaired) electrons. The van der Waals surface area contributed by atoms with Gasteiger partial charge < -0.3 is 25.1 Å². The van der Waals surface area contributed by atoms with Crippen LogP contribution in [0.4, 0.5) is 4.79 Å². The number of carbonyl (C=O) groups excluding carboxylic acids is 1. The molecule has 0 spiro atoms. The van der Waals surface area contributed by atoms with Gasteiger partial charge in [0.15, 0.2) is 0 Å². The summed E-state index contributed by atoms with van der Waals surface area (Å²) in [5.41, 5.74) is 7.81. The number of aromatic amines is 1. The molecule has 2 amide bonds. The number of likely N-dealkylation sites (tertiary alicyclic amines) is 1. The lowest BCUT2D eigenvalue weighted by Gasteiger charge is -2.39. The number of imidazole rings is 1. The van der Waals surface area contributed by atoms with Crippen LogP contribution in [0.1, 0.15) is 30.5 Å². The molecule has 0 aliphatic carbocycles. The number of aromatic nitrogens is 2. The Morgan fingerprint density at radius 3 is 2.67 bits per heavy atom. The minimum Gasteiger partial charge on any atom is -0.497 e. The number of rotatable bonds is 4. The topological polar surface area (TPSA) is 103 Å². The Morgan fingerprint density at radius 1 is 1.20 bits per heavy atom. The third-order valence-corrected chi connectivity index (χ3v) is 6.00. The maximum Gasteiger partial charge on any atom is 0.326 e. The van der Waals surface area contributed by atoms with Crippen LogP contribution in [-0.2, 0) is 0 Å². The first kappa shape index (κ1) is 20.2. The van der Waals surface area contributed by atoms with Crippen molar-refractivity contribution < 1.29 is 14.3 Å². The number of benzene rings is 2. The van der Waals surface area contributed by atoms with Crippen molar-refractivity contribution in [3.8, 4) is 11.5 Å². The van der Waals surface area contributed by atoms with E-state index in [1.54, 1.807) is 41.9 Å². The molecule has 0 bridgehead atoms. The minimum absolute atomic E-state index is 0.110. The van der Waals surface area contributed by atoms with Crippen LogP contribution in [0.3, 0.4) is 0 Å². The Kier molecular flexibility index (Phi) is 5.34. The monoisotopic (exact) mass is 430 g/mol. The number of nitrogens with two attached hydrogens (primary N) is 1. The number of H-pyrrole nitrogens is 1. The highest BCUT2D eigenvalue weighted by Crippen LogP contribution is 2.39. The fourth-order valence-electron chi connectivity index (χ4n) is 4.25. The van der Waals surface area contributed by atoms with Crippen molar-refractivity contribution in [1.82, 2.24) is 14.5 Å². The second-order valence-corrected chi connectivity index (χ2v) is 7.71. The molecule has 1 aromatic heterocycles. The first-order chi connectivity index (χ1) is 14.4. The molecule has 0 saturated carbocycles. The van der Waals surface area contributed by atoms with Crippen molar-refractivity contribution >= 4 is 28.7 Å². The normalized spacial score (nSPS) is 19.1. The maximum atomic E-state index is 12.8. The van der Waals surface area contributed by atoms with E-state index in [-0.39, 0.29) is 17.8 Å². The summed E-state index contributed by atoms with van der Waals surface area (Å²) in [4.78, 5) is 29.4. The zero-order valence-electron chi connectivity index (χ0n) is 16.7. The molecule has 158 valence electrons. The number of nitrogens with one attached hydrogen (secondary N) is 1. The molecule has 1 saturated heterocycles. The van der Waals surface area contributed by atoms with Gasteiger partial charge in [-0.25, -0.2) is 9.59 Å². The summed E-state index contributed by atoms with van der Waals surface area (Å²) in [7, 11) is 3.13. The number of hydrogen-bond donors (Lipinski definition) is 2. The fraction of sp³-hybridized carbons (Fsp3) is 0.333. The number of ether oxygens (including phenoxy) is 2. The molecule has 1 aliphatic heterocycles. The Hall–Kier alpha value is -3.13. The number of fused-ring (bicyclic) bond motifs is 1. The standard InChI is InChI=1S/C21H23ClN4O4/c1-29-14-4-5-17-16(11-14)24-21(28)26(17)13-7-8-25(20(23)27)18(10-13)12-3-6-19(30-2)15(22)9-12/h3-6,9,11,13,18H,7-8,10H2,1-2H3,(H2,23,27)(H,24,28). The van der Waals surface area contributed by atoms with Gasteiger partial charge in [0.1, 0.15) is 11.5 Å². The van der Waals surface area contributed by atoms with Crippen molar-refractivity contribution in [1.29, 1.82) is 0 Å². The van der Waals surface area contributed by atoms with Crippen molar-refractivity contribution in [2.75, 3.05) is 20.8 Å². The van der Waals surface area contributed by atoms with Crippen LogP contribution in [0, 0.1) is 0 Å². The smallest absolute Gasteiger partial charge is 0.326 e. The highest BCUT2D eigenvalue weighted by atomic mass is 35.5. The third-order valence-electron chi connectivity index (χ3n) is 5.71. The molecule has 9 heteroatoms. The predicted octanol–water partition coefficient (Wildman–Crippen LogP) is 3.46. The molecule has 3 N–H and O–H groups in total. The second kappa shape index (κ2) is 7.95. The molecular formula is C21H23ClN4O4. The third kappa shape index (κ3) is 3.47. The number of nitrogens with zero attached hydrogens (tertiary/aromatic N) is 2. The van der Waals surface area contributed by atoms with Gasteiger partial charge in [0.2, 0.25) is 0 Å². The van der Waals surface area contributed by atoms with Crippen molar-refractivity contribution in [2.24, 2.45) is 5.73 Å². The van der Waals surface area contributed by atoms with Crippen LogP contribution in [0.15, 0.2) is 41.2 Å². The molecule has 2 atom stereocenters. The molecule has 1 aliphatic rings. The van der Waals surface area contributed by atoms with Gasteiger partial charge in [-0.3, -0.25) is 4.57 Å². The Morgan fingerprint density at radius 2 is 2.00 bits per heavy atom. The number of carbonyl (C=O) groups is 1. The lowest BCUT2D eigenvalue weighted by atomic mass is 9.91. The van der Waals surface area contributed by atoms with E-state index in [0.717, 1.165) is 11.1 Å². The summed E-state index contributed by atoms with van der Waals surface area (Å²) >= 11 is 6.31. The average molecular weight is 431 g/mol. The van der Waals surface area contributed by atoms with Crippen molar-refractivity contribution in [2.45, 2.75) is 24.9 Å². The molecule has 1 fully saturated rings. The van der Waals surface area contributed by atoms with Crippen LogP contribution < -0.4 is 20.9 Å². The lowest BCUT2D eigenvalue weighted by Crippen LogP contribution is -2.45. The predicted molar refractivity (Wildman–Crippen MR) is 114 cm³/mol. The molecule has 2 heterocycles. The van der Waals surface area contributed by atoms with E-state index < -0.39 is 6.03 Å². The Labute approximate surface area is 178 Å². The summed E-state index contributed by atoms with van der Waals surface area (Å²) in [6.45, 7) is 0.434. The maximum absolute atomic E-state index is 12.8. The van der Waals surface area contributed by atoms with Gasteiger partial charge in [0, 0.05) is 18.7 Å². The van der Waals surface area contributed by atoms with Crippen molar-refractivity contribution in [3.63, 3.8) is 0 Å². The van der Waals surface area contributed by atoms with E-state index >= 15 is 0 Å². The highest BCUT2D eigenvalue weighted by molar-refractivity contribution is 6.32. The van der Waals surface area contributed by atoms with Gasteiger partial charge in [-0.1, -0.05) is 17.7 Å². The number of primary amides is 1. The van der Waals surface area contributed by atoms with Crippen LogP contribution >= 0.6 is 11.6 Å². The lowest BCUT2D eigenvalue weighted by molar-refractivity contribution is 0.136. The highest BCUT2D eigenvalue weighted by Gasteiger charge is 2.34. The Bertz CT molecular complexity index is 1160. The van der Waals surface area contributed by atoms with Gasteiger partial charge in [0.05, 0.1) is 36.3 Å². The number of piperidine rings is 1. The zero-order chi connectivity index (χ0) is 21.4. The van der Waals surface area contributed by atoms with Gasteiger partial charge in [-0.2, -0.15) is 0 Å². The molecule has 4 rings (SSSR count). The number of hydrogen-bond acceptors (Lipinski definition) is 4. The van der Waals surface area contributed by atoms with Crippen LogP contribution in [0.25, 0.3) is 11.0 Å². The van der Waals surface area contributed by atoms with Gasteiger partial charge in [-0.05, 0) is 42.7 Å². The van der Waals surface area contributed by atoms with Gasteiger partial charge in [0.25, 0.3) is 0 Å². The molecule has 2 aromatic carbocycles. The largest absolute Gasteiger partial charge is 0.497 e. The summed E-state index contributed by atoms with van der Waals surface area (Å²) in [6.07, 6.45) is 1.15. The Balaban J connectivity index is 1.73. The van der Waals surface area contributed by atoms with E-state index in [0.29, 0.717) is 41.4 Å². The second-order valence-electron chi connectivity index (χ2n) is 7.30.